The molecule has 1 rings (SSSR count). The summed E-state index contributed by atoms with van der Waals surface area (Å²) in [5, 5.41) is 15.0. The molecule has 5 nitrogen and oxygen atoms in total. The van der Waals surface area contributed by atoms with Crippen LogP contribution in [0.4, 0.5) is 5.69 Å². The highest BCUT2D eigenvalue weighted by Crippen LogP contribution is 2.03. The van der Waals surface area contributed by atoms with Gasteiger partial charge in [-0.25, -0.2) is 0 Å². The number of aliphatic carboxylic acids is 1. The number of nitrogens with one attached hydrogen (secondary N) is 1. The lowest BCUT2D eigenvalue weighted by Crippen LogP contribution is -2.11. The van der Waals surface area contributed by atoms with Gasteiger partial charge in [0, 0.05) is 12.7 Å². The summed E-state index contributed by atoms with van der Waals surface area (Å²) < 4.78 is 1.73. The Hall–Kier alpha value is -1.52. The van der Waals surface area contributed by atoms with Crippen molar-refractivity contribution in [2.75, 3.05) is 11.9 Å². The predicted octanol–water partition coefficient (Wildman–Crippen LogP) is 0.399. The van der Waals surface area contributed by atoms with Crippen molar-refractivity contribution in [1.29, 1.82) is 0 Å². The highest BCUT2D eigenvalue weighted by atomic mass is 16.4. The number of anilines is 1. The summed E-state index contributed by atoms with van der Waals surface area (Å²) in [6.45, 7) is 2.68. The van der Waals surface area contributed by atoms with Crippen LogP contribution in [0.15, 0.2) is 12.4 Å². The number of aromatic nitrogens is 2. The maximum absolute atomic E-state index is 10.2. The summed E-state index contributed by atoms with van der Waals surface area (Å²) in [6, 6.07) is 0. The molecule has 1 heterocycles. The fourth-order valence-corrected chi connectivity index (χ4v) is 0.805. The zero-order valence-electron chi connectivity index (χ0n) is 6.82. The summed E-state index contributed by atoms with van der Waals surface area (Å²) in [5.41, 5.74) is 0.735. The van der Waals surface area contributed by atoms with E-state index in [-0.39, 0.29) is 6.54 Å². The number of aryl methyl sites for hydroxylation is 1. The normalized spacial score (nSPS) is 9.75. The van der Waals surface area contributed by atoms with Crippen LogP contribution in [0.5, 0.6) is 0 Å². The smallest absolute Gasteiger partial charge is 0.322 e. The molecule has 0 radical (unpaired) electrons. The van der Waals surface area contributed by atoms with Crippen molar-refractivity contribution in [3.8, 4) is 0 Å². The molecule has 2 N–H and O–H groups in total. The van der Waals surface area contributed by atoms with E-state index < -0.39 is 5.97 Å². The molecule has 0 spiro atoms. The Balaban J connectivity index is 2.47. The van der Waals surface area contributed by atoms with Gasteiger partial charge in [0.1, 0.15) is 6.54 Å². The average molecular weight is 169 g/mol. The van der Waals surface area contributed by atoms with Crippen LogP contribution in [0.3, 0.4) is 0 Å². The molecule has 5 heteroatoms. The molecule has 0 amide bonds. The molecule has 0 aliphatic heterocycles. The van der Waals surface area contributed by atoms with Crippen LogP contribution < -0.4 is 5.32 Å². The Morgan fingerprint density at radius 1 is 1.83 bits per heavy atom. The van der Waals surface area contributed by atoms with Gasteiger partial charge in [-0.2, -0.15) is 5.10 Å². The number of carboxylic acids is 1. The van der Waals surface area contributed by atoms with Crippen LogP contribution in [-0.4, -0.2) is 27.4 Å². The van der Waals surface area contributed by atoms with Gasteiger partial charge in [-0.3, -0.25) is 9.48 Å². The topological polar surface area (TPSA) is 67.2 Å². The van der Waals surface area contributed by atoms with Crippen molar-refractivity contribution in [3.63, 3.8) is 0 Å². The molecular weight excluding hydrogens is 158 g/mol. The van der Waals surface area contributed by atoms with Crippen LogP contribution in [0.2, 0.25) is 0 Å². The average Bonchev–Trinajstić information content (AvgIpc) is 2.48. The van der Waals surface area contributed by atoms with E-state index in [1.807, 2.05) is 6.92 Å². The quantitative estimate of drug-likeness (QED) is 0.684. The van der Waals surface area contributed by atoms with E-state index in [1.54, 1.807) is 17.1 Å². The minimum absolute atomic E-state index is 0.0740. The summed E-state index contributed by atoms with van der Waals surface area (Å²) in [6.07, 6.45) is 3.37. The molecule has 1 aromatic rings. The lowest BCUT2D eigenvalue weighted by Gasteiger charge is -1.96. The van der Waals surface area contributed by atoms with Crippen LogP contribution >= 0.6 is 0 Å². The third-order valence-electron chi connectivity index (χ3n) is 1.40. The standard InChI is InChI=1S/C7H11N3O2/c1-2-10-5-6(3-9-10)8-4-7(11)12/h3,5,8H,2,4H2,1H3,(H,11,12). The van der Waals surface area contributed by atoms with E-state index >= 15 is 0 Å². The monoisotopic (exact) mass is 169 g/mol. The number of hydrogen-bond acceptors (Lipinski definition) is 3. The highest BCUT2D eigenvalue weighted by molar-refractivity contribution is 5.72. The molecule has 0 aliphatic carbocycles. The SMILES string of the molecule is CCn1cc(NCC(=O)O)cn1. The Labute approximate surface area is 70.0 Å². The first-order chi connectivity index (χ1) is 5.72. The molecule has 0 atom stereocenters. The van der Waals surface area contributed by atoms with E-state index in [4.69, 9.17) is 5.11 Å². The lowest BCUT2D eigenvalue weighted by molar-refractivity contribution is -0.134. The second-order valence-corrected chi connectivity index (χ2v) is 2.33. The number of hydrogen-bond donors (Lipinski definition) is 2. The number of carbonyl (C=O) groups is 1. The van der Waals surface area contributed by atoms with E-state index in [2.05, 4.69) is 10.4 Å². The maximum atomic E-state index is 10.2. The first-order valence-electron chi connectivity index (χ1n) is 3.70. The molecule has 0 bridgehead atoms. The van der Waals surface area contributed by atoms with E-state index in [1.165, 1.54) is 0 Å². The zero-order valence-corrected chi connectivity index (χ0v) is 6.82. The maximum Gasteiger partial charge on any atom is 0.322 e. The van der Waals surface area contributed by atoms with Crippen LogP contribution in [-0.2, 0) is 11.3 Å². The first-order valence-corrected chi connectivity index (χ1v) is 3.70. The van der Waals surface area contributed by atoms with Gasteiger partial charge in [-0.1, -0.05) is 0 Å². The largest absolute Gasteiger partial charge is 0.480 e. The Morgan fingerprint density at radius 3 is 3.08 bits per heavy atom. The highest BCUT2D eigenvalue weighted by Gasteiger charge is 1.98. The molecule has 0 fully saturated rings. The molecule has 0 saturated heterocycles. The van der Waals surface area contributed by atoms with Crippen LogP contribution in [0, 0.1) is 0 Å². The van der Waals surface area contributed by atoms with Crippen LogP contribution in [0.25, 0.3) is 0 Å². The summed E-state index contributed by atoms with van der Waals surface area (Å²) in [7, 11) is 0. The minimum Gasteiger partial charge on any atom is -0.480 e. The number of rotatable bonds is 4. The first kappa shape index (κ1) is 8.58. The van der Waals surface area contributed by atoms with Crippen molar-refractivity contribution < 1.29 is 9.90 Å². The summed E-state index contributed by atoms with van der Waals surface area (Å²) in [4.78, 5) is 10.2. The fourth-order valence-electron chi connectivity index (χ4n) is 0.805. The molecule has 0 saturated carbocycles. The summed E-state index contributed by atoms with van der Waals surface area (Å²) in [5.74, 6) is -0.876. The molecule has 0 aromatic carbocycles. The van der Waals surface area contributed by atoms with Gasteiger partial charge < -0.3 is 10.4 Å². The summed E-state index contributed by atoms with van der Waals surface area (Å²) >= 11 is 0. The van der Waals surface area contributed by atoms with Gasteiger partial charge in [0.05, 0.1) is 11.9 Å². The van der Waals surface area contributed by atoms with Gasteiger partial charge >= 0.3 is 5.97 Å². The molecule has 0 unspecified atom stereocenters. The third kappa shape index (κ3) is 2.26. The molecule has 12 heavy (non-hydrogen) atoms. The van der Waals surface area contributed by atoms with E-state index in [0.717, 1.165) is 12.2 Å². The van der Waals surface area contributed by atoms with Crippen molar-refractivity contribution in [2.45, 2.75) is 13.5 Å². The van der Waals surface area contributed by atoms with Gasteiger partial charge in [0.25, 0.3) is 0 Å². The lowest BCUT2D eigenvalue weighted by atomic mass is 10.5. The number of carboxylic acid groups (broad SMARTS) is 1. The van der Waals surface area contributed by atoms with Crippen molar-refractivity contribution >= 4 is 11.7 Å². The molecule has 1 aromatic heterocycles. The van der Waals surface area contributed by atoms with E-state index in [0.29, 0.717) is 0 Å². The van der Waals surface area contributed by atoms with Crippen molar-refractivity contribution in [2.24, 2.45) is 0 Å². The Kier molecular flexibility index (Phi) is 2.68. The Bertz CT molecular complexity index is 269. The number of nitrogens with zero attached hydrogens (tertiary/aromatic N) is 2. The second kappa shape index (κ2) is 3.75. The fraction of sp³-hybridized carbons (Fsp3) is 0.429. The van der Waals surface area contributed by atoms with Crippen LogP contribution in [0.1, 0.15) is 6.92 Å². The predicted molar refractivity (Wildman–Crippen MR) is 44.0 cm³/mol. The van der Waals surface area contributed by atoms with Gasteiger partial charge in [0.15, 0.2) is 0 Å². The molecule has 66 valence electrons. The van der Waals surface area contributed by atoms with Gasteiger partial charge in [-0.15, -0.1) is 0 Å². The van der Waals surface area contributed by atoms with Crippen molar-refractivity contribution in [3.05, 3.63) is 12.4 Å². The van der Waals surface area contributed by atoms with Crippen molar-refractivity contribution in [1.82, 2.24) is 9.78 Å². The second-order valence-electron chi connectivity index (χ2n) is 2.33. The van der Waals surface area contributed by atoms with Gasteiger partial charge in [0.2, 0.25) is 0 Å². The molecule has 0 aliphatic rings. The minimum atomic E-state index is -0.876. The van der Waals surface area contributed by atoms with E-state index in [9.17, 15) is 4.79 Å². The zero-order chi connectivity index (χ0) is 8.97. The van der Waals surface area contributed by atoms with Gasteiger partial charge in [-0.05, 0) is 6.92 Å². The Morgan fingerprint density at radius 2 is 2.58 bits per heavy atom. The molecular formula is C7H11N3O2. The third-order valence-corrected chi connectivity index (χ3v) is 1.40.